The highest BCUT2D eigenvalue weighted by molar-refractivity contribution is 6.06. The molecule has 2 aromatic rings. The number of amides is 2. The Morgan fingerprint density at radius 2 is 1.90 bits per heavy atom. The van der Waals surface area contributed by atoms with Gasteiger partial charge in [0.2, 0.25) is 11.8 Å². The highest BCUT2D eigenvalue weighted by Gasteiger charge is 2.46. The molecule has 0 spiro atoms. The van der Waals surface area contributed by atoms with Gasteiger partial charge in [0.1, 0.15) is 0 Å². The van der Waals surface area contributed by atoms with Gasteiger partial charge in [0.15, 0.2) is 0 Å². The molecule has 2 bridgehead atoms. The maximum absolute atomic E-state index is 12.8. The van der Waals surface area contributed by atoms with E-state index >= 15 is 0 Å². The van der Waals surface area contributed by atoms with Gasteiger partial charge in [-0.2, -0.15) is 0 Å². The molecule has 6 nitrogen and oxygen atoms in total. The fourth-order valence-electron chi connectivity index (χ4n) is 5.29. The fraction of sp³-hybridized carbons (Fsp3) is 0.478. The maximum atomic E-state index is 12.8. The van der Waals surface area contributed by atoms with Crippen LogP contribution >= 0.6 is 0 Å². The van der Waals surface area contributed by atoms with Crippen LogP contribution in [0.5, 0.6) is 0 Å². The van der Waals surface area contributed by atoms with E-state index in [1.165, 1.54) is 0 Å². The van der Waals surface area contributed by atoms with Crippen LogP contribution in [0.1, 0.15) is 19.3 Å². The number of aliphatic hydroxyl groups is 1. The van der Waals surface area contributed by atoms with Crippen molar-refractivity contribution in [2.75, 3.05) is 37.6 Å². The lowest BCUT2D eigenvalue weighted by Crippen LogP contribution is -2.63. The third-order valence-corrected chi connectivity index (χ3v) is 6.97. The molecule has 6 heteroatoms. The second-order valence-electron chi connectivity index (χ2n) is 8.78. The number of rotatable bonds is 4. The van der Waals surface area contributed by atoms with Gasteiger partial charge in [0.25, 0.3) is 0 Å². The zero-order valence-electron chi connectivity index (χ0n) is 16.5. The lowest BCUT2D eigenvalue weighted by molar-refractivity contribution is -0.133. The normalized spacial score (nSPS) is 31.4. The second-order valence-corrected chi connectivity index (χ2v) is 8.78. The highest BCUT2D eigenvalue weighted by atomic mass is 16.3. The molecule has 2 N–H and O–H groups in total. The zero-order chi connectivity index (χ0) is 20.0. The summed E-state index contributed by atoms with van der Waals surface area (Å²) in [6.45, 7) is 3.36. The third kappa shape index (κ3) is 3.30. The smallest absolute Gasteiger partial charge is 0.227 e. The van der Waals surface area contributed by atoms with Crippen molar-refractivity contribution in [1.29, 1.82) is 0 Å². The molecule has 0 radical (unpaired) electrons. The number of hydrogen-bond donors (Lipinski definition) is 2. The molecule has 2 atom stereocenters. The van der Waals surface area contributed by atoms with E-state index in [0.717, 1.165) is 42.4 Å². The van der Waals surface area contributed by atoms with E-state index in [1.54, 1.807) is 4.90 Å². The molecule has 152 valence electrons. The SMILES string of the molecule is O=C(NCC1(O)CN2CCC1CC2)C1CC(=O)N(c2cccc3ccccc23)C1. The number of piperidine rings is 3. The largest absolute Gasteiger partial charge is 0.386 e. The van der Waals surface area contributed by atoms with Crippen molar-refractivity contribution < 1.29 is 14.7 Å². The summed E-state index contributed by atoms with van der Waals surface area (Å²) in [6.07, 6.45) is 2.19. The number of fused-ring (bicyclic) bond motifs is 4. The lowest BCUT2D eigenvalue weighted by Gasteiger charge is -2.50. The summed E-state index contributed by atoms with van der Waals surface area (Å²) < 4.78 is 0. The summed E-state index contributed by atoms with van der Waals surface area (Å²) in [5.41, 5.74) is 0.0174. The van der Waals surface area contributed by atoms with Gasteiger partial charge in [0, 0.05) is 31.4 Å². The highest BCUT2D eigenvalue weighted by Crippen LogP contribution is 2.35. The molecule has 2 aromatic carbocycles. The van der Waals surface area contributed by atoms with Crippen molar-refractivity contribution in [3.8, 4) is 0 Å². The van der Waals surface area contributed by atoms with Gasteiger partial charge in [-0.05, 0) is 43.3 Å². The Labute approximate surface area is 170 Å². The summed E-state index contributed by atoms with van der Waals surface area (Å²) >= 11 is 0. The van der Waals surface area contributed by atoms with Crippen LogP contribution in [0.25, 0.3) is 10.8 Å². The molecule has 6 rings (SSSR count). The van der Waals surface area contributed by atoms with E-state index < -0.39 is 5.60 Å². The van der Waals surface area contributed by atoms with Gasteiger partial charge >= 0.3 is 0 Å². The molecular weight excluding hydrogens is 366 g/mol. The number of anilines is 1. The second kappa shape index (κ2) is 7.11. The predicted octanol–water partition coefficient (Wildman–Crippen LogP) is 1.77. The van der Waals surface area contributed by atoms with E-state index in [-0.39, 0.29) is 36.6 Å². The molecule has 4 saturated heterocycles. The molecule has 0 saturated carbocycles. The monoisotopic (exact) mass is 393 g/mol. The minimum Gasteiger partial charge on any atom is -0.386 e. The Bertz CT molecular complexity index is 948. The van der Waals surface area contributed by atoms with Crippen LogP contribution in [-0.2, 0) is 9.59 Å². The number of nitrogens with zero attached hydrogens (tertiary/aromatic N) is 2. The summed E-state index contributed by atoms with van der Waals surface area (Å²) in [6, 6.07) is 13.9. The number of benzene rings is 2. The Balaban J connectivity index is 1.27. The minimum atomic E-state index is -0.843. The summed E-state index contributed by atoms with van der Waals surface area (Å²) in [5.74, 6) is -0.287. The average molecular weight is 393 g/mol. The van der Waals surface area contributed by atoms with E-state index in [1.807, 2.05) is 42.5 Å². The first-order chi connectivity index (χ1) is 14.0. The van der Waals surface area contributed by atoms with Crippen molar-refractivity contribution in [1.82, 2.24) is 10.2 Å². The molecule has 2 amide bonds. The Kier molecular flexibility index (Phi) is 4.56. The first kappa shape index (κ1) is 18.6. The minimum absolute atomic E-state index is 0.0250. The van der Waals surface area contributed by atoms with Gasteiger partial charge in [-0.3, -0.25) is 9.59 Å². The van der Waals surface area contributed by atoms with E-state index in [2.05, 4.69) is 10.2 Å². The molecule has 4 fully saturated rings. The van der Waals surface area contributed by atoms with Crippen molar-refractivity contribution in [3.05, 3.63) is 42.5 Å². The van der Waals surface area contributed by atoms with Gasteiger partial charge < -0.3 is 20.2 Å². The van der Waals surface area contributed by atoms with Crippen molar-refractivity contribution in [2.24, 2.45) is 11.8 Å². The van der Waals surface area contributed by atoms with Crippen LogP contribution in [0.3, 0.4) is 0 Å². The van der Waals surface area contributed by atoms with Gasteiger partial charge in [-0.25, -0.2) is 0 Å². The van der Waals surface area contributed by atoms with E-state index in [4.69, 9.17) is 0 Å². The number of hydrogen-bond acceptors (Lipinski definition) is 4. The number of carbonyl (C=O) groups is 2. The molecule has 0 aliphatic carbocycles. The van der Waals surface area contributed by atoms with E-state index in [9.17, 15) is 14.7 Å². The molecule has 4 aliphatic heterocycles. The molecule has 29 heavy (non-hydrogen) atoms. The Morgan fingerprint density at radius 3 is 2.66 bits per heavy atom. The van der Waals surface area contributed by atoms with Crippen molar-refractivity contribution in [2.45, 2.75) is 24.9 Å². The summed E-state index contributed by atoms with van der Waals surface area (Å²) in [4.78, 5) is 29.5. The van der Waals surface area contributed by atoms with Crippen LogP contribution in [0.2, 0.25) is 0 Å². The quantitative estimate of drug-likeness (QED) is 0.830. The number of nitrogens with one attached hydrogen (secondary N) is 1. The van der Waals surface area contributed by atoms with Gasteiger partial charge in [0.05, 0.1) is 17.2 Å². The first-order valence-corrected chi connectivity index (χ1v) is 10.5. The molecule has 2 unspecified atom stereocenters. The van der Waals surface area contributed by atoms with Crippen LogP contribution in [-0.4, -0.2) is 60.1 Å². The lowest BCUT2D eigenvalue weighted by atomic mass is 9.75. The molecular formula is C23H27N3O3. The van der Waals surface area contributed by atoms with Gasteiger partial charge in [-0.1, -0.05) is 36.4 Å². The predicted molar refractivity (Wildman–Crippen MR) is 112 cm³/mol. The summed E-state index contributed by atoms with van der Waals surface area (Å²) in [5, 5.41) is 16.1. The average Bonchev–Trinajstić information content (AvgIpc) is 3.14. The maximum Gasteiger partial charge on any atom is 0.227 e. The molecule has 0 aromatic heterocycles. The van der Waals surface area contributed by atoms with Crippen LogP contribution in [0, 0.1) is 11.8 Å². The first-order valence-electron chi connectivity index (χ1n) is 10.5. The van der Waals surface area contributed by atoms with Crippen LogP contribution < -0.4 is 10.2 Å². The molecule has 4 aliphatic rings. The van der Waals surface area contributed by atoms with Gasteiger partial charge in [-0.15, -0.1) is 0 Å². The topological polar surface area (TPSA) is 72.9 Å². The fourth-order valence-corrected chi connectivity index (χ4v) is 5.29. The Hall–Kier alpha value is -2.44. The summed E-state index contributed by atoms with van der Waals surface area (Å²) in [7, 11) is 0. The van der Waals surface area contributed by atoms with Crippen LogP contribution in [0.15, 0.2) is 42.5 Å². The van der Waals surface area contributed by atoms with Crippen molar-refractivity contribution >= 4 is 28.3 Å². The Morgan fingerprint density at radius 1 is 1.14 bits per heavy atom. The van der Waals surface area contributed by atoms with E-state index in [0.29, 0.717) is 13.1 Å². The molecule has 4 heterocycles. The van der Waals surface area contributed by atoms with Crippen molar-refractivity contribution in [3.63, 3.8) is 0 Å². The number of carbonyl (C=O) groups excluding carboxylic acids is 2. The van der Waals surface area contributed by atoms with Crippen LogP contribution in [0.4, 0.5) is 5.69 Å². The zero-order valence-corrected chi connectivity index (χ0v) is 16.5. The standard InChI is InChI=1S/C23H27N3O3/c27-21-12-17(13-26(21)20-7-3-5-16-4-1-2-6-19(16)20)22(28)24-14-23(29)15-25-10-8-18(23)9-11-25/h1-7,17-18,29H,8-15H2,(H,24,28). The third-order valence-electron chi connectivity index (χ3n) is 6.97.